The number of amides is 2. The van der Waals surface area contributed by atoms with E-state index in [0.717, 1.165) is 21.2 Å². The van der Waals surface area contributed by atoms with Crippen molar-refractivity contribution in [2.24, 2.45) is 5.73 Å². The largest absolute Gasteiger partial charge is 0.490 e. The van der Waals surface area contributed by atoms with Crippen LogP contribution in [0.1, 0.15) is 26.3 Å². The Kier molecular flexibility index (Phi) is 9.28. The molecule has 2 aromatic heterocycles. The maximum atomic E-state index is 14.2. The monoisotopic (exact) mass is 566 g/mol. The van der Waals surface area contributed by atoms with Crippen molar-refractivity contribution >= 4 is 33.4 Å². The van der Waals surface area contributed by atoms with E-state index in [1.54, 1.807) is 26.8 Å². The van der Waals surface area contributed by atoms with Crippen molar-refractivity contribution in [3.63, 3.8) is 0 Å². The van der Waals surface area contributed by atoms with Crippen LogP contribution >= 0.6 is 11.3 Å². The van der Waals surface area contributed by atoms with Gasteiger partial charge in [0.25, 0.3) is 0 Å². The Balaban J connectivity index is 1.43. The zero-order chi connectivity index (χ0) is 28.7. The van der Waals surface area contributed by atoms with Crippen LogP contribution in [0.5, 0.6) is 5.75 Å². The number of alkyl carbamates (subject to hydrolysis) is 1. The molecule has 9 nitrogen and oxygen atoms in total. The molecule has 0 spiro atoms. The van der Waals surface area contributed by atoms with Gasteiger partial charge < -0.3 is 25.3 Å². The number of ether oxygens (including phenoxy) is 3. The SMILES string of the molecule is CC(C)(C)OC(=O)NCCOCCOc1cc(F)ccc1-c1nnc(-c2ccc(CC(N)=O)cc2)c2ccsc12. The second-order valence-corrected chi connectivity index (χ2v) is 10.8. The Morgan fingerprint density at radius 3 is 2.48 bits per heavy atom. The molecule has 2 heterocycles. The second-order valence-electron chi connectivity index (χ2n) is 9.93. The molecular formula is C29H31FN4O5S. The predicted octanol–water partition coefficient (Wildman–Crippen LogP) is 5.11. The number of nitrogens with zero attached hydrogens (tertiary/aromatic N) is 2. The number of nitrogens with one attached hydrogen (secondary N) is 1. The van der Waals surface area contributed by atoms with Gasteiger partial charge >= 0.3 is 6.09 Å². The van der Waals surface area contributed by atoms with E-state index in [2.05, 4.69) is 15.5 Å². The minimum Gasteiger partial charge on any atom is -0.490 e. The number of primary amides is 1. The zero-order valence-electron chi connectivity index (χ0n) is 22.5. The van der Waals surface area contributed by atoms with Crippen molar-refractivity contribution in [2.75, 3.05) is 26.4 Å². The average Bonchev–Trinajstić information content (AvgIpc) is 3.37. The molecule has 3 N–H and O–H groups in total. The standard InChI is InChI=1S/C29H31FN4O5S/c1-29(2,3)39-28(36)32-11-12-37-13-14-38-23-17-20(30)8-9-21(23)26-27-22(10-15-40-27)25(33-34-26)19-6-4-18(5-7-19)16-24(31)35/h4-10,15,17H,11-14,16H2,1-3H3,(H2,31,35)(H,32,36). The highest BCUT2D eigenvalue weighted by molar-refractivity contribution is 7.17. The minimum absolute atomic E-state index is 0.166. The summed E-state index contributed by atoms with van der Waals surface area (Å²) in [5, 5.41) is 14.5. The number of carbonyl (C=O) groups excluding carboxylic acids is 2. The summed E-state index contributed by atoms with van der Waals surface area (Å²) in [6.45, 7) is 6.32. The van der Waals surface area contributed by atoms with Gasteiger partial charge in [0.05, 0.1) is 24.3 Å². The summed E-state index contributed by atoms with van der Waals surface area (Å²) in [6, 6.07) is 13.7. The highest BCUT2D eigenvalue weighted by Gasteiger charge is 2.18. The predicted molar refractivity (Wildman–Crippen MR) is 152 cm³/mol. The zero-order valence-corrected chi connectivity index (χ0v) is 23.3. The molecular weight excluding hydrogens is 535 g/mol. The molecule has 0 radical (unpaired) electrons. The number of carbonyl (C=O) groups is 2. The van der Waals surface area contributed by atoms with Gasteiger partial charge in [0.15, 0.2) is 0 Å². The first kappa shape index (κ1) is 28.9. The lowest BCUT2D eigenvalue weighted by molar-refractivity contribution is -0.117. The number of fused-ring (bicyclic) bond motifs is 1. The van der Waals surface area contributed by atoms with Gasteiger partial charge in [-0.2, -0.15) is 0 Å². The molecule has 0 saturated carbocycles. The maximum Gasteiger partial charge on any atom is 0.407 e. The number of rotatable bonds is 11. The highest BCUT2D eigenvalue weighted by Crippen LogP contribution is 2.39. The van der Waals surface area contributed by atoms with Crippen LogP contribution in [0.4, 0.5) is 9.18 Å². The lowest BCUT2D eigenvalue weighted by Gasteiger charge is -2.19. The van der Waals surface area contributed by atoms with Gasteiger partial charge in [-0.05, 0) is 49.9 Å². The summed E-state index contributed by atoms with van der Waals surface area (Å²) >= 11 is 1.50. The van der Waals surface area contributed by atoms with Crippen LogP contribution in [-0.2, 0) is 20.7 Å². The number of hydrogen-bond acceptors (Lipinski definition) is 8. The Labute approximate surface area is 235 Å². The average molecular weight is 567 g/mol. The first-order valence-electron chi connectivity index (χ1n) is 12.7. The first-order valence-corrected chi connectivity index (χ1v) is 13.6. The van der Waals surface area contributed by atoms with E-state index in [0.29, 0.717) is 22.7 Å². The third kappa shape index (κ3) is 7.73. The number of aromatic nitrogens is 2. The van der Waals surface area contributed by atoms with Crippen LogP contribution < -0.4 is 15.8 Å². The Hall–Kier alpha value is -4.09. The topological polar surface area (TPSA) is 126 Å². The molecule has 0 fully saturated rings. The van der Waals surface area contributed by atoms with Crippen LogP contribution in [0, 0.1) is 5.82 Å². The Morgan fingerprint density at radius 2 is 1.75 bits per heavy atom. The van der Waals surface area contributed by atoms with Crippen molar-refractivity contribution in [3.8, 4) is 28.3 Å². The molecule has 2 aromatic carbocycles. The summed E-state index contributed by atoms with van der Waals surface area (Å²) in [5.41, 5.74) is 8.28. The van der Waals surface area contributed by atoms with Crippen molar-refractivity contribution in [2.45, 2.75) is 32.8 Å². The molecule has 0 aliphatic rings. The van der Waals surface area contributed by atoms with Gasteiger partial charge in [-0.25, -0.2) is 9.18 Å². The first-order chi connectivity index (χ1) is 19.1. The summed E-state index contributed by atoms with van der Waals surface area (Å²) < 4.78 is 31.6. The summed E-state index contributed by atoms with van der Waals surface area (Å²) in [4.78, 5) is 22.9. The van der Waals surface area contributed by atoms with Crippen LogP contribution in [0.25, 0.3) is 32.6 Å². The molecule has 0 unspecified atom stereocenters. The van der Waals surface area contributed by atoms with E-state index in [-0.39, 0.29) is 32.8 Å². The van der Waals surface area contributed by atoms with Crippen LogP contribution in [-0.4, -0.2) is 54.2 Å². The lowest BCUT2D eigenvalue weighted by atomic mass is 10.0. The minimum atomic E-state index is -0.570. The smallest absolute Gasteiger partial charge is 0.407 e. The summed E-state index contributed by atoms with van der Waals surface area (Å²) in [6.07, 6.45) is -0.344. The van der Waals surface area contributed by atoms with Crippen molar-refractivity contribution in [1.29, 1.82) is 0 Å². The van der Waals surface area contributed by atoms with E-state index < -0.39 is 23.4 Å². The fraction of sp³-hybridized carbons (Fsp3) is 0.310. The molecule has 0 saturated heterocycles. The lowest BCUT2D eigenvalue weighted by Crippen LogP contribution is -2.34. The Bertz CT molecular complexity index is 1480. The van der Waals surface area contributed by atoms with Crippen LogP contribution in [0.15, 0.2) is 53.9 Å². The highest BCUT2D eigenvalue weighted by atomic mass is 32.1. The van der Waals surface area contributed by atoms with Gasteiger partial charge in [0, 0.05) is 29.1 Å². The van der Waals surface area contributed by atoms with Gasteiger partial charge in [-0.15, -0.1) is 21.5 Å². The molecule has 40 heavy (non-hydrogen) atoms. The van der Waals surface area contributed by atoms with Gasteiger partial charge in [0.2, 0.25) is 5.91 Å². The number of thiophene rings is 1. The van der Waals surface area contributed by atoms with E-state index in [4.69, 9.17) is 19.9 Å². The number of nitrogens with two attached hydrogens (primary N) is 1. The molecule has 0 bridgehead atoms. The maximum absolute atomic E-state index is 14.2. The van der Waals surface area contributed by atoms with Crippen molar-refractivity contribution < 1.29 is 28.2 Å². The number of halogens is 1. The molecule has 11 heteroatoms. The third-order valence-corrected chi connectivity index (χ3v) is 6.51. The fourth-order valence-corrected chi connectivity index (χ4v) is 4.81. The molecule has 210 valence electrons. The van der Waals surface area contributed by atoms with Gasteiger partial charge in [0.1, 0.15) is 35.2 Å². The molecule has 0 atom stereocenters. The second kappa shape index (κ2) is 12.8. The number of benzene rings is 2. The van der Waals surface area contributed by atoms with Gasteiger partial charge in [-0.1, -0.05) is 24.3 Å². The van der Waals surface area contributed by atoms with Crippen molar-refractivity contribution in [3.05, 3.63) is 65.3 Å². The van der Waals surface area contributed by atoms with Crippen LogP contribution in [0.3, 0.4) is 0 Å². The van der Waals surface area contributed by atoms with E-state index in [1.165, 1.54) is 23.5 Å². The Morgan fingerprint density at radius 1 is 1.00 bits per heavy atom. The van der Waals surface area contributed by atoms with Crippen molar-refractivity contribution in [1.82, 2.24) is 15.5 Å². The molecule has 4 rings (SSSR count). The quantitative estimate of drug-likeness (QED) is 0.242. The molecule has 4 aromatic rings. The summed E-state index contributed by atoms with van der Waals surface area (Å²) in [5.74, 6) is -0.511. The fourth-order valence-electron chi connectivity index (χ4n) is 3.91. The number of hydrogen-bond donors (Lipinski definition) is 2. The van der Waals surface area contributed by atoms with Gasteiger partial charge in [-0.3, -0.25) is 4.79 Å². The van der Waals surface area contributed by atoms with Crippen LogP contribution in [0.2, 0.25) is 0 Å². The molecule has 2 amide bonds. The molecule has 0 aliphatic heterocycles. The normalized spacial score (nSPS) is 11.4. The molecule has 0 aliphatic carbocycles. The van der Waals surface area contributed by atoms with E-state index in [1.807, 2.05) is 35.7 Å². The third-order valence-electron chi connectivity index (χ3n) is 5.59. The van der Waals surface area contributed by atoms with E-state index >= 15 is 0 Å². The van der Waals surface area contributed by atoms with E-state index in [9.17, 15) is 14.0 Å². The summed E-state index contributed by atoms with van der Waals surface area (Å²) in [7, 11) is 0.